The minimum Gasteiger partial charge on any atom is -0.396 e. The van der Waals surface area contributed by atoms with E-state index in [1.165, 1.54) is 19.3 Å². The molecule has 3 unspecified atom stereocenters. The first-order valence-electron chi connectivity index (χ1n) is 20.6. The van der Waals surface area contributed by atoms with Crippen molar-refractivity contribution in [1.29, 1.82) is 0 Å². The van der Waals surface area contributed by atoms with Gasteiger partial charge in [-0.2, -0.15) is 0 Å². The van der Waals surface area contributed by atoms with Gasteiger partial charge in [-0.05, 0) is 104 Å². The lowest BCUT2D eigenvalue weighted by Gasteiger charge is -2.72. The molecule has 0 aromatic heterocycles. The molecule has 2 aliphatic heterocycles. The van der Waals surface area contributed by atoms with Crippen molar-refractivity contribution in [1.82, 2.24) is 25.8 Å². The second-order valence-electron chi connectivity index (χ2n) is 20.2. The van der Waals surface area contributed by atoms with Crippen molar-refractivity contribution in [3.05, 3.63) is 11.3 Å². The third kappa shape index (κ3) is 5.89. The van der Waals surface area contributed by atoms with Crippen molar-refractivity contribution in [2.75, 3.05) is 32.8 Å². The Morgan fingerprint density at radius 3 is 2.31 bits per heavy atom. The van der Waals surface area contributed by atoms with Gasteiger partial charge in [-0.25, -0.2) is 4.79 Å². The fourth-order valence-corrected chi connectivity index (χ4v) is 11.9. The van der Waals surface area contributed by atoms with Gasteiger partial charge in [0.2, 0.25) is 17.6 Å². The zero-order valence-electron chi connectivity index (χ0n) is 32.5. The molecule has 2 heterocycles. The van der Waals surface area contributed by atoms with Gasteiger partial charge >= 0.3 is 6.03 Å². The van der Waals surface area contributed by atoms with Crippen LogP contribution < -0.4 is 21.7 Å². The van der Waals surface area contributed by atoms with E-state index in [9.17, 15) is 19.2 Å². The number of rotatable bonds is 7. The average Bonchev–Trinajstić information content (AvgIpc) is 3.64. The molecule has 0 aromatic carbocycles. The summed E-state index contributed by atoms with van der Waals surface area (Å²) in [6, 6.07) is -2.55. The number of likely N-dealkylation sites (tertiary alicyclic amines) is 1. The molecule has 11 nitrogen and oxygen atoms in total. The van der Waals surface area contributed by atoms with E-state index in [1.807, 2.05) is 20.8 Å². The second-order valence-corrected chi connectivity index (χ2v) is 20.2. The summed E-state index contributed by atoms with van der Waals surface area (Å²) >= 11 is 0. The van der Waals surface area contributed by atoms with Crippen molar-refractivity contribution in [2.24, 2.45) is 33.3 Å². The van der Waals surface area contributed by atoms with Crippen LogP contribution in [0.15, 0.2) is 11.3 Å². The van der Waals surface area contributed by atoms with Gasteiger partial charge in [-0.15, -0.1) is 0 Å². The maximum Gasteiger partial charge on any atom is 0.315 e. The Morgan fingerprint density at radius 2 is 1.71 bits per heavy atom. The molecule has 3 spiro atoms. The van der Waals surface area contributed by atoms with Crippen molar-refractivity contribution in [3.8, 4) is 0 Å². The molecule has 11 heteroatoms. The zero-order chi connectivity index (χ0) is 36.9. The number of nitrogens with zero attached hydrogens (tertiary/aromatic N) is 2. The van der Waals surface area contributed by atoms with Crippen LogP contribution >= 0.6 is 0 Å². The van der Waals surface area contributed by atoms with Crippen LogP contribution in [0.5, 0.6) is 0 Å². The standard InChI is InChI=1S/C41H64N6O5/c1-36(2,3)32(44-35(51)45-40(14-7-6-8-15-40)24-46-18-19-52-41(25-46)16-17-41)34(50)47-23-39(22-38(12-9-13-38)37(39,4)5)21-29(47)33(49)43-28-20-26-10-11-27(26)30(42)31(28)48/h26,28-29,32H,6-25,42H2,1-5H3,(H,43,49)(H2,44,45,51)/t26?,28?,29-,32?,39+/m0/s1. The first-order chi connectivity index (χ1) is 24.5. The fraction of sp³-hybridized carbons (Fsp3) is 0.854. The number of hydrogen-bond donors (Lipinski definition) is 4. The number of ether oxygens (including phenoxy) is 1. The Morgan fingerprint density at radius 1 is 0.981 bits per heavy atom. The van der Waals surface area contributed by atoms with E-state index in [0.29, 0.717) is 25.1 Å². The van der Waals surface area contributed by atoms with Crippen LogP contribution in [0.1, 0.15) is 131 Å². The lowest BCUT2D eigenvalue weighted by Crippen LogP contribution is -2.67. The van der Waals surface area contributed by atoms with Gasteiger partial charge < -0.3 is 31.3 Å². The number of hydrogen-bond acceptors (Lipinski definition) is 7. The van der Waals surface area contributed by atoms with E-state index >= 15 is 0 Å². The largest absolute Gasteiger partial charge is 0.396 e. The number of nitrogens with one attached hydrogen (secondary N) is 3. The van der Waals surface area contributed by atoms with E-state index in [-0.39, 0.29) is 56.9 Å². The molecular weight excluding hydrogens is 656 g/mol. The molecule has 0 aromatic rings. The van der Waals surface area contributed by atoms with Crippen LogP contribution in [0.3, 0.4) is 0 Å². The molecule has 0 radical (unpaired) electrons. The predicted molar refractivity (Wildman–Crippen MR) is 198 cm³/mol. The summed E-state index contributed by atoms with van der Waals surface area (Å²) in [5.74, 6) is -0.448. The number of carbonyl (C=O) groups excluding carboxylic acids is 4. The van der Waals surface area contributed by atoms with Crippen LogP contribution in [-0.4, -0.2) is 95.5 Å². The van der Waals surface area contributed by atoms with Crippen LogP contribution in [-0.2, 0) is 19.1 Å². The molecule has 7 fully saturated rings. The van der Waals surface area contributed by atoms with Crippen LogP contribution in [0.25, 0.3) is 0 Å². The Labute approximate surface area is 310 Å². The van der Waals surface area contributed by atoms with Crippen LogP contribution in [0.4, 0.5) is 4.79 Å². The number of urea groups is 1. The van der Waals surface area contributed by atoms with Crippen molar-refractivity contribution >= 4 is 23.6 Å². The van der Waals surface area contributed by atoms with Crippen LogP contribution in [0, 0.1) is 27.6 Å². The highest BCUT2D eigenvalue weighted by Gasteiger charge is 2.73. The number of ketones is 1. The van der Waals surface area contributed by atoms with Gasteiger partial charge in [0.15, 0.2) is 0 Å². The molecule has 5 saturated carbocycles. The summed E-state index contributed by atoms with van der Waals surface area (Å²) in [5.41, 5.74) is 6.68. The molecule has 2 saturated heterocycles. The van der Waals surface area contributed by atoms with Crippen molar-refractivity contribution in [3.63, 3.8) is 0 Å². The molecule has 52 heavy (non-hydrogen) atoms. The molecule has 6 aliphatic carbocycles. The quantitative estimate of drug-likeness (QED) is 0.302. The summed E-state index contributed by atoms with van der Waals surface area (Å²) in [7, 11) is 0. The number of fused-ring (bicyclic) bond motifs is 1. The predicted octanol–water partition coefficient (Wildman–Crippen LogP) is 4.54. The van der Waals surface area contributed by atoms with E-state index in [1.54, 1.807) is 4.90 Å². The highest BCUT2D eigenvalue weighted by molar-refractivity contribution is 6.03. The maximum absolute atomic E-state index is 15.0. The van der Waals surface area contributed by atoms with Gasteiger partial charge in [0.25, 0.3) is 0 Å². The summed E-state index contributed by atoms with van der Waals surface area (Å²) < 4.78 is 6.09. The molecule has 8 aliphatic rings. The molecule has 4 amide bonds. The number of amides is 4. The smallest absolute Gasteiger partial charge is 0.315 e. The minimum absolute atomic E-state index is 0.0110. The first kappa shape index (κ1) is 36.3. The Bertz CT molecular complexity index is 1530. The third-order valence-corrected chi connectivity index (χ3v) is 15.9. The molecular formula is C41H64N6O5. The number of allylic oxidation sites excluding steroid dienone is 1. The van der Waals surface area contributed by atoms with Gasteiger partial charge in [-0.1, -0.05) is 60.3 Å². The van der Waals surface area contributed by atoms with E-state index in [0.717, 1.165) is 96.0 Å². The zero-order valence-corrected chi connectivity index (χ0v) is 32.5. The van der Waals surface area contributed by atoms with Gasteiger partial charge in [0.05, 0.1) is 29.5 Å². The van der Waals surface area contributed by atoms with E-state index in [4.69, 9.17) is 10.5 Å². The van der Waals surface area contributed by atoms with Crippen molar-refractivity contribution in [2.45, 2.75) is 160 Å². The topological polar surface area (TPSA) is 146 Å². The Hall–Kier alpha value is -2.66. The normalized spacial score (nSPS) is 34.5. The number of morpholine rings is 1. The molecule has 288 valence electrons. The monoisotopic (exact) mass is 720 g/mol. The summed E-state index contributed by atoms with van der Waals surface area (Å²) in [4.78, 5) is 61.0. The summed E-state index contributed by atoms with van der Waals surface area (Å²) in [6.07, 6.45) is 14.9. The van der Waals surface area contributed by atoms with E-state index < -0.39 is 23.5 Å². The average molecular weight is 721 g/mol. The minimum atomic E-state index is -0.843. The van der Waals surface area contributed by atoms with E-state index in [2.05, 4.69) is 34.7 Å². The molecule has 5 N–H and O–H groups in total. The number of Topliss-reactive ketones (excluding diaryl/α,β-unsaturated/α-hetero) is 1. The van der Waals surface area contributed by atoms with Gasteiger partial charge in [0, 0.05) is 26.2 Å². The molecule has 0 bridgehead atoms. The highest BCUT2D eigenvalue weighted by Crippen LogP contribution is 2.77. The Balaban J connectivity index is 1.02. The SMILES string of the molecule is CC(C)(C)C(NC(=O)NC1(CN2CCOC3(CC3)C2)CCCCC1)C(=O)N1C[C@@]2(C[C@H]1C(=O)NC1CC3CCC3=C(N)C1=O)CC1(CCC1)C2(C)C. The highest BCUT2D eigenvalue weighted by atomic mass is 16.5. The first-order valence-corrected chi connectivity index (χ1v) is 20.6. The molecule has 5 atom stereocenters. The molecule has 8 rings (SSSR count). The van der Waals surface area contributed by atoms with Gasteiger partial charge in [0.1, 0.15) is 12.1 Å². The van der Waals surface area contributed by atoms with Gasteiger partial charge in [-0.3, -0.25) is 19.3 Å². The van der Waals surface area contributed by atoms with Crippen molar-refractivity contribution < 1.29 is 23.9 Å². The lowest BCUT2D eigenvalue weighted by molar-refractivity contribution is -0.231. The Kier molecular flexibility index (Phi) is 8.69. The number of nitrogens with two attached hydrogens (primary N) is 1. The third-order valence-electron chi connectivity index (χ3n) is 15.9. The maximum atomic E-state index is 15.0. The number of carbonyl (C=O) groups is 4. The second kappa shape index (κ2) is 12.4. The summed E-state index contributed by atoms with van der Waals surface area (Å²) in [5, 5.41) is 9.69. The van der Waals surface area contributed by atoms with Crippen LogP contribution in [0.2, 0.25) is 0 Å². The summed E-state index contributed by atoms with van der Waals surface area (Å²) in [6.45, 7) is 14.4. The fourth-order valence-electron chi connectivity index (χ4n) is 11.9. The lowest BCUT2D eigenvalue weighted by atomic mass is 9.32.